The summed E-state index contributed by atoms with van der Waals surface area (Å²) in [6, 6.07) is 10.1. The fraction of sp³-hybridized carbons (Fsp3) is 0.263. The number of amides is 3. The predicted molar refractivity (Wildman–Crippen MR) is 92.0 cm³/mol. The molecule has 2 N–H and O–H groups in total. The smallest absolute Gasteiger partial charge is 0.322 e. The van der Waals surface area contributed by atoms with Gasteiger partial charge in [-0.3, -0.25) is 4.79 Å². The van der Waals surface area contributed by atoms with Gasteiger partial charge in [-0.25, -0.2) is 9.18 Å². The summed E-state index contributed by atoms with van der Waals surface area (Å²) in [6.45, 7) is 1.42. The molecule has 0 aliphatic carbocycles. The molecule has 0 saturated carbocycles. The molecule has 2 heterocycles. The maximum atomic E-state index is 14.0. The number of nitrogens with one attached hydrogen (secondary N) is 2. The van der Waals surface area contributed by atoms with Crippen LogP contribution >= 0.6 is 0 Å². The van der Waals surface area contributed by atoms with Crippen LogP contribution < -0.4 is 10.6 Å². The van der Waals surface area contributed by atoms with Gasteiger partial charge in [0.1, 0.15) is 5.82 Å². The minimum atomic E-state index is -0.287. The molecule has 0 saturated heterocycles. The molecular weight excluding hydrogens is 321 g/mol. The minimum Gasteiger partial charge on any atom is -0.352 e. The Morgan fingerprint density at radius 2 is 2.04 bits per heavy atom. The van der Waals surface area contributed by atoms with Crippen LogP contribution in [0.2, 0.25) is 0 Å². The average Bonchev–Trinajstić information content (AvgIpc) is 2.62. The number of anilines is 1. The first-order valence-corrected chi connectivity index (χ1v) is 8.35. The molecule has 128 valence electrons. The van der Waals surface area contributed by atoms with Gasteiger partial charge in [0.15, 0.2) is 0 Å². The summed E-state index contributed by atoms with van der Waals surface area (Å²) in [4.78, 5) is 26.0. The van der Waals surface area contributed by atoms with Crippen LogP contribution in [0.5, 0.6) is 0 Å². The minimum absolute atomic E-state index is 0.119. The average molecular weight is 339 g/mol. The summed E-state index contributed by atoms with van der Waals surface area (Å²) in [5.74, 6) is -0.397. The molecule has 2 aromatic rings. The summed E-state index contributed by atoms with van der Waals surface area (Å²) in [6.07, 6.45) is 1.42. The second kappa shape index (κ2) is 6.20. The van der Waals surface area contributed by atoms with Gasteiger partial charge in [0, 0.05) is 29.9 Å². The van der Waals surface area contributed by atoms with Crippen molar-refractivity contribution >= 4 is 17.6 Å². The summed E-state index contributed by atoms with van der Waals surface area (Å²) >= 11 is 0. The van der Waals surface area contributed by atoms with E-state index in [1.807, 2.05) is 12.1 Å². The maximum absolute atomic E-state index is 14.0. The van der Waals surface area contributed by atoms with Crippen molar-refractivity contribution in [2.45, 2.75) is 19.4 Å². The van der Waals surface area contributed by atoms with Crippen LogP contribution in [0.25, 0.3) is 0 Å². The van der Waals surface area contributed by atoms with Gasteiger partial charge in [-0.1, -0.05) is 18.2 Å². The number of urea groups is 1. The molecule has 5 nitrogen and oxygen atoms in total. The SMILES string of the molecule is O=C1NCCc2ccc(NC(=O)N3CCc4cccc(F)c4C3)cc21. The molecule has 0 atom stereocenters. The van der Waals surface area contributed by atoms with Crippen molar-refractivity contribution in [3.63, 3.8) is 0 Å². The Labute approximate surface area is 144 Å². The molecule has 0 radical (unpaired) electrons. The van der Waals surface area contributed by atoms with Crippen molar-refractivity contribution in [2.75, 3.05) is 18.4 Å². The molecule has 0 unspecified atom stereocenters. The van der Waals surface area contributed by atoms with E-state index in [-0.39, 0.29) is 24.3 Å². The van der Waals surface area contributed by atoms with Gasteiger partial charge in [-0.05, 0) is 42.2 Å². The van der Waals surface area contributed by atoms with Crippen molar-refractivity contribution in [2.24, 2.45) is 0 Å². The van der Waals surface area contributed by atoms with Gasteiger partial charge in [0.05, 0.1) is 6.54 Å². The normalized spacial score (nSPS) is 15.9. The number of rotatable bonds is 1. The van der Waals surface area contributed by atoms with Gasteiger partial charge >= 0.3 is 6.03 Å². The zero-order valence-corrected chi connectivity index (χ0v) is 13.6. The number of benzene rings is 2. The van der Waals surface area contributed by atoms with Gasteiger partial charge < -0.3 is 15.5 Å². The van der Waals surface area contributed by atoms with E-state index in [1.165, 1.54) is 6.07 Å². The molecule has 0 bridgehead atoms. The van der Waals surface area contributed by atoms with Crippen molar-refractivity contribution in [3.8, 4) is 0 Å². The quantitative estimate of drug-likeness (QED) is 0.839. The second-order valence-corrected chi connectivity index (χ2v) is 6.36. The van der Waals surface area contributed by atoms with Crippen LogP contribution in [0.4, 0.5) is 14.9 Å². The molecule has 2 aliphatic rings. The highest BCUT2D eigenvalue weighted by Gasteiger charge is 2.23. The number of hydrogen-bond acceptors (Lipinski definition) is 2. The first kappa shape index (κ1) is 15.6. The lowest BCUT2D eigenvalue weighted by atomic mass is 9.99. The van der Waals surface area contributed by atoms with Crippen LogP contribution in [-0.4, -0.2) is 29.9 Å². The Morgan fingerprint density at radius 1 is 1.16 bits per heavy atom. The third-order valence-electron chi connectivity index (χ3n) is 4.79. The van der Waals surface area contributed by atoms with Crippen molar-refractivity contribution in [1.82, 2.24) is 10.2 Å². The summed E-state index contributed by atoms with van der Waals surface area (Å²) < 4.78 is 14.0. The summed E-state index contributed by atoms with van der Waals surface area (Å²) in [5, 5.41) is 5.61. The lowest BCUT2D eigenvalue weighted by molar-refractivity contribution is 0.0946. The van der Waals surface area contributed by atoms with E-state index in [0.29, 0.717) is 36.3 Å². The number of carbonyl (C=O) groups is 2. The third-order valence-corrected chi connectivity index (χ3v) is 4.79. The molecule has 3 amide bonds. The first-order valence-electron chi connectivity index (χ1n) is 8.35. The Kier molecular flexibility index (Phi) is 3.87. The van der Waals surface area contributed by atoms with E-state index >= 15 is 0 Å². The van der Waals surface area contributed by atoms with E-state index in [2.05, 4.69) is 10.6 Å². The van der Waals surface area contributed by atoms with E-state index in [0.717, 1.165) is 17.5 Å². The topological polar surface area (TPSA) is 61.4 Å². The monoisotopic (exact) mass is 339 g/mol. The number of carbonyl (C=O) groups excluding carboxylic acids is 2. The molecule has 2 aromatic carbocycles. The molecule has 0 spiro atoms. The van der Waals surface area contributed by atoms with Crippen LogP contribution in [0.3, 0.4) is 0 Å². The molecular formula is C19H18FN3O2. The molecule has 25 heavy (non-hydrogen) atoms. The number of hydrogen-bond donors (Lipinski definition) is 2. The Bertz CT molecular complexity index is 866. The Morgan fingerprint density at radius 3 is 2.92 bits per heavy atom. The van der Waals surface area contributed by atoms with Gasteiger partial charge in [-0.2, -0.15) is 0 Å². The molecule has 4 rings (SSSR count). The van der Waals surface area contributed by atoms with Crippen molar-refractivity contribution in [1.29, 1.82) is 0 Å². The number of nitrogens with zero attached hydrogens (tertiary/aromatic N) is 1. The zero-order valence-electron chi connectivity index (χ0n) is 13.6. The van der Waals surface area contributed by atoms with Crippen LogP contribution in [0.15, 0.2) is 36.4 Å². The molecule has 0 aromatic heterocycles. The molecule has 6 heteroatoms. The maximum Gasteiger partial charge on any atom is 0.322 e. The lowest BCUT2D eigenvalue weighted by Gasteiger charge is -2.29. The van der Waals surface area contributed by atoms with Crippen LogP contribution in [-0.2, 0) is 19.4 Å². The Balaban J connectivity index is 1.51. The Hall–Kier alpha value is -2.89. The first-order chi connectivity index (χ1) is 12.1. The van der Waals surface area contributed by atoms with E-state index < -0.39 is 0 Å². The van der Waals surface area contributed by atoms with Gasteiger partial charge in [0.25, 0.3) is 5.91 Å². The molecule has 0 fully saturated rings. The van der Waals surface area contributed by atoms with Crippen LogP contribution in [0.1, 0.15) is 27.0 Å². The second-order valence-electron chi connectivity index (χ2n) is 6.36. The van der Waals surface area contributed by atoms with Gasteiger partial charge in [0.2, 0.25) is 0 Å². The lowest BCUT2D eigenvalue weighted by Crippen LogP contribution is -2.39. The highest BCUT2D eigenvalue weighted by atomic mass is 19.1. The van der Waals surface area contributed by atoms with Crippen LogP contribution in [0, 0.1) is 5.82 Å². The summed E-state index contributed by atoms with van der Waals surface area (Å²) in [7, 11) is 0. The predicted octanol–water partition coefficient (Wildman–Crippen LogP) is 2.70. The van der Waals surface area contributed by atoms with Crippen molar-refractivity contribution in [3.05, 3.63) is 64.5 Å². The number of halogens is 1. The van der Waals surface area contributed by atoms with Gasteiger partial charge in [-0.15, -0.1) is 0 Å². The standard InChI is InChI=1S/C19H18FN3O2/c20-17-3-1-2-12-7-9-23(11-16(12)17)19(25)22-14-5-4-13-6-8-21-18(24)15(13)10-14/h1-5,10H,6-9,11H2,(H,21,24)(H,22,25). The highest BCUT2D eigenvalue weighted by Crippen LogP contribution is 2.23. The zero-order chi connectivity index (χ0) is 17.4. The third kappa shape index (κ3) is 2.95. The highest BCUT2D eigenvalue weighted by molar-refractivity contribution is 5.99. The van der Waals surface area contributed by atoms with E-state index in [9.17, 15) is 14.0 Å². The van der Waals surface area contributed by atoms with E-state index in [4.69, 9.17) is 0 Å². The number of fused-ring (bicyclic) bond motifs is 2. The van der Waals surface area contributed by atoms with E-state index in [1.54, 1.807) is 23.1 Å². The molecule has 2 aliphatic heterocycles. The van der Waals surface area contributed by atoms with Crippen molar-refractivity contribution < 1.29 is 14.0 Å². The largest absolute Gasteiger partial charge is 0.352 e. The summed E-state index contributed by atoms with van der Waals surface area (Å²) in [5.41, 5.74) is 3.68. The fourth-order valence-electron chi connectivity index (χ4n) is 3.41. The fourth-order valence-corrected chi connectivity index (χ4v) is 3.41.